The number of carboxylic acid groups (broad SMARTS) is 1. The highest BCUT2D eigenvalue weighted by Crippen LogP contribution is 2.18. The van der Waals surface area contributed by atoms with Crippen molar-refractivity contribution in [3.63, 3.8) is 0 Å². The minimum absolute atomic E-state index is 0.0683. The minimum Gasteiger partial charge on any atom is -0.494 e. The lowest BCUT2D eigenvalue weighted by atomic mass is 10.1. The molecule has 2 aromatic carbocycles. The number of imide groups is 1. The first-order chi connectivity index (χ1) is 45.9. The Balaban J connectivity index is 0.815. The second-order valence-electron chi connectivity index (χ2n) is 19.9. The van der Waals surface area contributed by atoms with E-state index in [0.717, 1.165) is 21.8 Å². The molecule has 0 bridgehead atoms. The van der Waals surface area contributed by atoms with Gasteiger partial charge in [-0.1, -0.05) is 30.3 Å². The van der Waals surface area contributed by atoms with Gasteiger partial charge in [-0.3, -0.25) is 48.6 Å². The number of amides is 9. The zero-order valence-corrected chi connectivity index (χ0v) is 53.9. The van der Waals surface area contributed by atoms with Gasteiger partial charge in [-0.25, -0.2) is 9.78 Å². The van der Waals surface area contributed by atoms with Crippen molar-refractivity contribution in [1.82, 2.24) is 36.5 Å². The van der Waals surface area contributed by atoms with E-state index in [-0.39, 0.29) is 86.4 Å². The van der Waals surface area contributed by atoms with Crippen molar-refractivity contribution in [1.29, 1.82) is 0 Å². The molecule has 94 heavy (non-hydrogen) atoms. The fraction of sp³-hybridized carbons (Fsp3) is 0.607. The predicted molar refractivity (Wildman–Crippen MR) is 337 cm³/mol. The van der Waals surface area contributed by atoms with E-state index in [0.29, 0.717) is 183 Å². The Bertz CT molecular complexity index is 2610. The molecule has 1 atom stereocenters. The van der Waals surface area contributed by atoms with E-state index in [2.05, 4.69) is 42.2 Å². The number of ether oxygens (including phenoxy) is 13. The number of urea groups is 1. The van der Waals surface area contributed by atoms with E-state index < -0.39 is 48.7 Å². The second kappa shape index (κ2) is 52.0. The van der Waals surface area contributed by atoms with Crippen LogP contribution in [0.2, 0.25) is 0 Å². The summed E-state index contributed by atoms with van der Waals surface area (Å²) in [6, 6.07) is 13.5. The zero-order chi connectivity index (χ0) is 67.3. The monoisotopic (exact) mass is 1350 g/mol. The predicted octanol–water partition coefficient (Wildman–Crippen LogP) is 0.923. The fourth-order valence-corrected chi connectivity index (χ4v) is 8.49. The molecule has 1 saturated heterocycles. The van der Waals surface area contributed by atoms with Crippen molar-refractivity contribution in [3.8, 4) is 5.75 Å². The molecule has 3 aromatic rings. The molecular formula is C61H91N9O23S. The van der Waals surface area contributed by atoms with Gasteiger partial charge >= 0.3 is 12.0 Å². The van der Waals surface area contributed by atoms with Crippen LogP contribution in [0.4, 0.5) is 15.6 Å². The van der Waals surface area contributed by atoms with Crippen LogP contribution in [0, 0.1) is 0 Å². The average molecular weight is 1350 g/mol. The smallest absolute Gasteiger partial charge is 0.321 e. The van der Waals surface area contributed by atoms with Crippen LogP contribution in [-0.4, -0.2) is 266 Å². The number of nitrogens with zero attached hydrogens (tertiary/aromatic N) is 2. The summed E-state index contributed by atoms with van der Waals surface area (Å²) in [5.74, 6) is -4.11. The van der Waals surface area contributed by atoms with Gasteiger partial charge in [0.15, 0.2) is 5.13 Å². The van der Waals surface area contributed by atoms with Crippen molar-refractivity contribution in [2.75, 3.05) is 202 Å². The number of benzene rings is 2. The molecule has 32 nitrogen and oxygen atoms in total. The summed E-state index contributed by atoms with van der Waals surface area (Å²) < 4.78 is 71.6. The number of hydrogen-bond donors (Lipinski definition) is 8. The Morgan fingerprint density at radius 2 is 0.979 bits per heavy atom. The largest absolute Gasteiger partial charge is 0.494 e. The third-order valence-corrected chi connectivity index (χ3v) is 13.3. The number of rotatable bonds is 58. The lowest BCUT2D eigenvalue weighted by Gasteiger charge is -2.17. The lowest BCUT2D eigenvalue weighted by Crippen LogP contribution is -2.48. The van der Waals surface area contributed by atoms with Gasteiger partial charge in [0.2, 0.25) is 35.4 Å². The molecule has 2 heterocycles. The van der Waals surface area contributed by atoms with Gasteiger partial charge in [0, 0.05) is 62.9 Å². The summed E-state index contributed by atoms with van der Waals surface area (Å²) in [4.78, 5) is 115. The number of carbonyl (C=O) groups is 9. The Hall–Kier alpha value is -7.38. The van der Waals surface area contributed by atoms with Gasteiger partial charge in [-0.05, 0) is 36.2 Å². The summed E-state index contributed by atoms with van der Waals surface area (Å²) in [5.41, 5.74) is 1.13. The molecule has 4 rings (SSSR count). The van der Waals surface area contributed by atoms with Crippen molar-refractivity contribution in [3.05, 3.63) is 71.2 Å². The third kappa shape index (κ3) is 40.0. The van der Waals surface area contributed by atoms with E-state index in [1.807, 2.05) is 30.3 Å². The quantitative estimate of drug-likeness (QED) is 0.0288. The maximum atomic E-state index is 13.0. The summed E-state index contributed by atoms with van der Waals surface area (Å²) in [7, 11) is 0. The Labute approximate surface area is 550 Å². The summed E-state index contributed by atoms with van der Waals surface area (Å²) in [6.45, 7) is 10.5. The minimum atomic E-state index is -1.47. The SMILES string of the molecule is O=C(O)C[C@H](NC(=O)CNC(=O)c1csc(NC(=O)NCc2ccccc2)n1)C(=O)Nc1ccc(OCCCNC(=O)CCOCCOCCOCCOCCOCCOCCOCCOCCOCCOCCOCCOCCNC(=O)CCN2C(=O)CCC2=O)cc1. The Morgan fingerprint density at radius 3 is 1.48 bits per heavy atom. The molecule has 0 aliphatic carbocycles. The number of carbonyl (C=O) groups excluding carboxylic acids is 8. The normalized spacial score (nSPS) is 12.3. The van der Waals surface area contributed by atoms with Crippen LogP contribution in [0.25, 0.3) is 0 Å². The van der Waals surface area contributed by atoms with E-state index in [1.54, 1.807) is 12.1 Å². The van der Waals surface area contributed by atoms with Crippen LogP contribution in [0.3, 0.4) is 0 Å². The van der Waals surface area contributed by atoms with Crippen LogP contribution >= 0.6 is 11.3 Å². The Morgan fingerprint density at radius 1 is 0.511 bits per heavy atom. The third-order valence-electron chi connectivity index (χ3n) is 12.6. The molecule has 1 aliphatic rings. The zero-order valence-electron chi connectivity index (χ0n) is 53.0. The van der Waals surface area contributed by atoms with E-state index in [1.165, 1.54) is 17.5 Å². The molecule has 9 amide bonds. The molecule has 0 radical (unpaired) electrons. The molecular weight excluding hydrogens is 1260 g/mol. The lowest BCUT2D eigenvalue weighted by molar-refractivity contribution is -0.140. The number of anilines is 2. The molecule has 33 heteroatoms. The van der Waals surface area contributed by atoms with Crippen molar-refractivity contribution < 1.29 is 110 Å². The highest BCUT2D eigenvalue weighted by molar-refractivity contribution is 7.14. The molecule has 1 fully saturated rings. The van der Waals surface area contributed by atoms with Gasteiger partial charge in [-0.15, -0.1) is 11.3 Å². The molecule has 1 aromatic heterocycles. The first-order valence-corrected chi connectivity index (χ1v) is 31.9. The number of thiazole rings is 1. The molecule has 1 aliphatic heterocycles. The van der Waals surface area contributed by atoms with Gasteiger partial charge in [0.25, 0.3) is 5.91 Å². The second-order valence-corrected chi connectivity index (χ2v) is 20.8. The van der Waals surface area contributed by atoms with E-state index >= 15 is 0 Å². The van der Waals surface area contributed by atoms with E-state index in [4.69, 9.17) is 61.6 Å². The van der Waals surface area contributed by atoms with Gasteiger partial charge in [-0.2, -0.15) is 0 Å². The van der Waals surface area contributed by atoms with Gasteiger partial charge < -0.3 is 98.6 Å². The maximum absolute atomic E-state index is 13.0. The molecule has 524 valence electrons. The van der Waals surface area contributed by atoms with Crippen LogP contribution in [0.15, 0.2) is 60.0 Å². The topological polar surface area (TPSA) is 394 Å². The van der Waals surface area contributed by atoms with Crippen LogP contribution in [0.1, 0.15) is 54.6 Å². The maximum Gasteiger partial charge on any atom is 0.321 e. The van der Waals surface area contributed by atoms with Crippen molar-refractivity contribution in [2.45, 2.75) is 51.1 Å². The van der Waals surface area contributed by atoms with Crippen molar-refractivity contribution >= 4 is 75.5 Å². The first-order valence-electron chi connectivity index (χ1n) is 31.0. The van der Waals surface area contributed by atoms with Crippen LogP contribution < -0.4 is 42.0 Å². The first kappa shape index (κ1) is 79.1. The molecule has 0 saturated carbocycles. The van der Waals surface area contributed by atoms with Gasteiger partial charge in [0.05, 0.1) is 178 Å². The highest BCUT2D eigenvalue weighted by atomic mass is 32.1. The average Bonchev–Trinajstić information content (AvgIpc) is 2.18. The number of aliphatic carboxylic acids is 1. The molecule has 0 spiro atoms. The highest BCUT2D eigenvalue weighted by Gasteiger charge is 2.29. The summed E-state index contributed by atoms with van der Waals surface area (Å²) >= 11 is 0.996. The number of carboxylic acids is 1. The Kier molecular flexibility index (Phi) is 43.7. The number of hydrogen-bond acceptors (Lipinski definition) is 24. The number of aromatic nitrogens is 1. The van der Waals surface area contributed by atoms with Crippen molar-refractivity contribution in [2.24, 2.45) is 0 Å². The number of likely N-dealkylation sites (tertiary alicyclic amines) is 1. The molecule has 8 N–H and O–H groups in total. The fourth-order valence-electron chi connectivity index (χ4n) is 7.80. The summed E-state index contributed by atoms with van der Waals surface area (Å²) in [6.07, 6.45) is 0.459. The number of nitrogens with one attached hydrogen (secondary N) is 7. The summed E-state index contributed by atoms with van der Waals surface area (Å²) in [5, 5.41) is 28.9. The molecule has 0 unspecified atom stereocenters. The van der Waals surface area contributed by atoms with Crippen LogP contribution in [0.5, 0.6) is 5.75 Å². The van der Waals surface area contributed by atoms with Gasteiger partial charge in [0.1, 0.15) is 17.5 Å². The standard InChI is InChI=1S/C61H91N9O23S/c71-52(13-17-70-55(74)11-12-56(70)75)63-16-20-82-22-24-84-26-28-86-30-32-88-34-36-90-38-40-92-42-41-91-39-37-89-35-33-87-31-29-85-27-25-83-23-21-81-19-14-53(72)62-15-4-18-93-49-9-7-48(8-10-49)66-59(79)50(43-57(76)77)67-54(73)45-64-58(78)51-46-94-61(68-51)69-60(80)65-44-47-5-2-1-3-6-47/h1-3,5-10,46,50H,4,11-45H2,(H,62,72)(H,63,71)(H,64,78)(H,66,79)(H,67,73)(H,76,77)(H2,65,68,69,80)/t50-/m0/s1. The van der Waals surface area contributed by atoms with Crippen LogP contribution in [-0.2, 0) is 96.9 Å². The van der Waals surface area contributed by atoms with E-state index in [9.17, 15) is 48.3 Å².